The predicted octanol–water partition coefficient (Wildman–Crippen LogP) is 0.592. The Morgan fingerprint density at radius 3 is 2.55 bits per heavy atom. The summed E-state index contributed by atoms with van der Waals surface area (Å²) in [5, 5.41) is 0. The summed E-state index contributed by atoms with van der Waals surface area (Å²) in [5.41, 5.74) is 5.42. The van der Waals surface area contributed by atoms with E-state index in [0.717, 1.165) is 19.4 Å². The molecule has 11 heavy (non-hydrogen) atoms. The number of nitrogens with two attached hydrogens (primary N) is 1. The lowest BCUT2D eigenvalue weighted by Crippen LogP contribution is -2.40. The first-order chi connectivity index (χ1) is 5.09. The Morgan fingerprint density at radius 2 is 2.18 bits per heavy atom. The molecule has 0 unspecified atom stereocenters. The topological polar surface area (TPSA) is 46.3 Å². The molecule has 0 aromatic heterocycles. The number of hydrogen-bond acceptors (Lipinski definition) is 2. The largest absolute Gasteiger partial charge is 0.344 e. The molecular formula is C8H18N2O. The molecule has 2 N–H and O–H groups in total. The molecule has 0 aliphatic rings. The van der Waals surface area contributed by atoms with Gasteiger partial charge in [0, 0.05) is 13.6 Å². The van der Waals surface area contributed by atoms with E-state index in [2.05, 4.69) is 6.92 Å². The van der Waals surface area contributed by atoms with Crippen molar-refractivity contribution in [3.63, 3.8) is 0 Å². The number of rotatable bonds is 4. The molecule has 3 heteroatoms. The third-order valence-corrected chi connectivity index (χ3v) is 1.61. The summed E-state index contributed by atoms with van der Waals surface area (Å²) >= 11 is 0. The molecule has 1 amide bonds. The maximum atomic E-state index is 11.1. The molecule has 0 saturated carbocycles. The van der Waals surface area contributed by atoms with E-state index >= 15 is 0 Å². The van der Waals surface area contributed by atoms with Crippen LogP contribution in [0.4, 0.5) is 0 Å². The maximum Gasteiger partial charge on any atom is 0.238 e. The predicted molar refractivity (Wildman–Crippen MR) is 46.2 cm³/mol. The smallest absolute Gasteiger partial charge is 0.238 e. The quantitative estimate of drug-likeness (QED) is 0.651. The average Bonchev–Trinajstić information content (AvgIpc) is 1.98. The second kappa shape index (κ2) is 5.13. The van der Waals surface area contributed by atoms with Crippen LogP contribution in [0.15, 0.2) is 0 Å². The van der Waals surface area contributed by atoms with Gasteiger partial charge < -0.3 is 10.6 Å². The molecule has 0 aromatic rings. The van der Waals surface area contributed by atoms with Gasteiger partial charge in [0.25, 0.3) is 0 Å². The van der Waals surface area contributed by atoms with E-state index in [1.807, 2.05) is 0 Å². The van der Waals surface area contributed by atoms with Gasteiger partial charge in [-0.25, -0.2) is 0 Å². The standard InChI is InChI=1S/C8H18N2O/c1-4-5-6-10(3)8(11)7(2)9/h7H,4-6,9H2,1-3H3/t7-/m1/s1. The Morgan fingerprint density at radius 1 is 1.64 bits per heavy atom. The minimum atomic E-state index is -0.364. The summed E-state index contributed by atoms with van der Waals surface area (Å²) in [4.78, 5) is 12.8. The summed E-state index contributed by atoms with van der Waals surface area (Å²) in [6.07, 6.45) is 2.16. The number of nitrogens with zero attached hydrogens (tertiary/aromatic N) is 1. The molecule has 0 rings (SSSR count). The van der Waals surface area contributed by atoms with Crippen LogP contribution in [-0.2, 0) is 4.79 Å². The minimum Gasteiger partial charge on any atom is -0.344 e. The highest BCUT2D eigenvalue weighted by atomic mass is 16.2. The van der Waals surface area contributed by atoms with E-state index in [1.54, 1.807) is 18.9 Å². The summed E-state index contributed by atoms with van der Waals surface area (Å²) < 4.78 is 0. The van der Waals surface area contributed by atoms with Crippen molar-refractivity contribution >= 4 is 5.91 Å². The van der Waals surface area contributed by atoms with Gasteiger partial charge in [0.15, 0.2) is 0 Å². The normalized spacial score (nSPS) is 12.7. The van der Waals surface area contributed by atoms with Crippen molar-refractivity contribution in [2.24, 2.45) is 5.73 Å². The fourth-order valence-electron chi connectivity index (χ4n) is 0.853. The molecule has 0 fully saturated rings. The minimum absolute atomic E-state index is 0.0263. The molecule has 0 aliphatic carbocycles. The summed E-state index contributed by atoms with van der Waals surface area (Å²) in [7, 11) is 1.79. The zero-order chi connectivity index (χ0) is 8.85. The Labute approximate surface area is 68.6 Å². The Kier molecular flexibility index (Phi) is 4.86. The molecular weight excluding hydrogens is 140 g/mol. The van der Waals surface area contributed by atoms with Crippen molar-refractivity contribution < 1.29 is 4.79 Å². The number of carbonyl (C=O) groups excluding carboxylic acids is 1. The Balaban J connectivity index is 3.64. The third kappa shape index (κ3) is 3.98. The van der Waals surface area contributed by atoms with Gasteiger partial charge in [0.1, 0.15) is 0 Å². The third-order valence-electron chi connectivity index (χ3n) is 1.61. The number of amides is 1. The molecule has 0 spiro atoms. The van der Waals surface area contributed by atoms with Crippen LogP contribution in [0.2, 0.25) is 0 Å². The highest BCUT2D eigenvalue weighted by molar-refractivity contribution is 5.80. The first-order valence-electron chi connectivity index (χ1n) is 4.10. The first kappa shape index (κ1) is 10.4. The first-order valence-corrected chi connectivity index (χ1v) is 4.10. The van der Waals surface area contributed by atoms with Gasteiger partial charge in [-0.2, -0.15) is 0 Å². The summed E-state index contributed by atoms with van der Waals surface area (Å²) in [6.45, 7) is 4.63. The van der Waals surface area contributed by atoms with Crippen LogP contribution in [0.25, 0.3) is 0 Å². The summed E-state index contributed by atoms with van der Waals surface area (Å²) in [6, 6.07) is -0.364. The van der Waals surface area contributed by atoms with E-state index in [-0.39, 0.29) is 11.9 Å². The van der Waals surface area contributed by atoms with Crippen LogP contribution >= 0.6 is 0 Å². The maximum absolute atomic E-state index is 11.1. The van der Waals surface area contributed by atoms with Crippen molar-refractivity contribution in [2.45, 2.75) is 32.7 Å². The molecule has 0 bridgehead atoms. The van der Waals surface area contributed by atoms with Gasteiger partial charge in [-0.3, -0.25) is 4.79 Å². The number of hydrogen-bond donors (Lipinski definition) is 1. The van der Waals surface area contributed by atoms with Crippen LogP contribution in [0.3, 0.4) is 0 Å². The van der Waals surface area contributed by atoms with E-state index in [0.29, 0.717) is 0 Å². The molecule has 1 atom stereocenters. The zero-order valence-corrected chi connectivity index (χ0v) is 7.63. The Bertz CT molecular complexity index is 123. The van der Waals surface area contributed by atoms with Gasteiger partial charge in [-0.05, 0) is 13.3 Å². The van der Waals surface area contributed by atoms with Crippen molar-refractivity contribution in [3.8, 4) is 0 Å². The van der Waals surface area contributed by atoms with Crippen LogP contribution in [-0.4, -0.2) is 30.4 Å². The highest BCUT2D eigenvalue weighted by Gasteiger charge is 2.11. The Hall–Kier alpha value is -0.570. The molecule has 0 aromatic carbocycles. The van der Waals surface area contributed by atoms with E-state index < -0.39 is 0 Å². The van der Waals surface area contributed by atoms with Crippen LogP contribution in [0.1, 0.15) is 26.7 Å². The molecule has 0 heterocycles. The monoisotopic (exact) mass is 158 g/mol. The van der Waals surface area contributed by atoms with Gasteiger partial charge in [-0.1, -0.05) is 13.3 Å². The molecule has 66 valence electrons. The van der Waals surface area contributed by atoms with Gasteiger partial charge in [0.2, 0.25) is 5.91 Å². The molecule has 0 saturated heterocycles. The number of likely N-dealkylation sites (N-methyl/N-ethyl adjacent to an activating group) is 1. The van der Waals surface area contributed by atoms with Crippen LogP contribution < -0.4 is 5.73 Å². The fourth-order valence-corrected chi connectivity index (χ4v) is 0.853. The van der Waals surface area contributed by atoms with Gasteiger partial charge in [0.05, 0.1) is 6.04 Å². The lowest BCUT2D eigenvalue weighted by molar-refractivity contribution is -0.130. The average molecular weight is 158 g/mol. The second-order valence-electron chi connectivity index (χ2n) is 2.90. The van der Waals surface area contributed by atoms with E-state index in [4.69, 9.17) is 5.73 Å². The number of unbranched alkanes of at least 4 members (excludes halogenated alkanes) is 1. The molecule has 0 aliphatic heterocycles. The molecule has 0 radical (unpaired) electrons. The van der Waals surface area contributed by atoms with Crippen LogP contribution in [0.5, 0.6) is 0 Å². The summed E-state index contributed by atoms with van der Waals surface area (Å²) in [5.74, 6) is 0.0263. The van der Waals surface area contributed by atoms with Crippen molar-refractivity contribution in [3.05, 3.63) is 0 Å². The number of carbonyl (C=O) groups is 1. The van der Waals surface area contributed by atoms with Gasteiger partial charge >= 0.3 is 0 Å². The van der Waals surface area contributed by atoms with Crippen LogP contribution in [0, 0.1) is 0 Å². The van der Waals surface area contributed by atoms with Gasteiger partial charge in [-0.15, -0.1) is 0 Å². The second-order valence-corrected chi connectivity index (χ2v) is 2.90. The van der Waals surface area contributed by atoms with E-state index in [1.165, 1.54) is 0 Å². The van der Waals surface area contributed by atoms with Crippen molar-refractivity contribution in [2.75, 3.05) is 13.6 Å². The van der Waals surface area contributed by atoms with Crippen molar-refractivity contribution in [1.82, 2.24) is 4.90 Å². The zero-order valence-electron chi connectivity index (χ0n) is 7.63. The van der Waals surface area contributed by atoms with E-state index in [9.17, 15) is 4.79 Å². The lowest BCUT2D eigenvalue weighted by atomic mass is 10.3. The fraction of sp³-hybridized carbons (Fsp3) is 0.875. The SMILES string of the molecule is CCCCN(C)C(=O)[C@@H](C)N. The lowest BCUT2D eigenvalue weighted by Gasteiger charge is -2.18. The molecule has 3 nitrogen and oxygen atoms in total. The van der Waals surface area contributed by atoms with Crippen molar-refractivity contribution in [1.29, 1.82) is 0 Å². The highest BCUT2D eigenvalue weighted by Crippen LogP contribution is 1.93.